The van der Waals surface area contributed by atoms with Crippen molar-refractivity contribution in [2.45, 2.75) is 149 Å². The molecule has 4 heteroatoms. The van der Waals surface area contributed by atoms with Crippen LogP contribution in [0.4, 0.5) is 0 Å². The van der Waals surface area contributed by atoms with Gasteiger partial charge in [-0.1, -0.05) is 135 Å². The van der Waals surface area contributed by atoms with Crippen molar-refractivity contribution in [3.63, 3.8) is 0 Å². The summed E-state index contributed by atoms with van der Waals surface area (Å²) in [6.07, 6.45) is 29.5. The largest absolute Gasteiger partial charge is 1.00 e. The predicted octanol–water partition coefficient (Wildman–Crippen LogP) is 6.41. The minimum atomic E-state index is -0.651. The summed E-state index contributed by atoms with van der Waals surface area (Å²) in [5, 5.41) is 8.56. The predicted molar refractivity (Wildman–Crippen MR) is 137 cm³/mol. The van der Waals surface area contributed by atoms with Crippen LogP contribution < -0.4 is 29.6 Å². The van der Waals surface area contributed by atoms with Crippen molar-refractivity contribution in [3.8, 4) is 0 Å². The molecule has 0 aliphatic heterocycles. The molecule has 0 aromatic carbocycles. The van der Waals surface area contributed by atoms with E-state index in [0.29, 0.717) is 6.42 Å². The summed E-state index contributed by atoms with van der Waals surface area (Å²) in [6, 6.07) is 0. The molecule has 0 rings (SSSR count). The maximum Gasteiger partial charge on any atom is 1.00 e. The topological polar surface area (TPSA) is 54.4 Å². The first-order valence-corrected chi connectivity index (χ1v) is 13.4. The molecule has 1 N–H and O–H groups in total. The van der Waals surface area contributed by atoms with E-state index < -0.39 is 5.97 Å². The fourth-order valence-electron chi connectivity index (χ4n) is 3.67. The molecule has 0 aliphatic rings. The molecule has 1 unspecified atom stereocenters. The monoisotopic (exact) mass is 462 g/mol. The molecule has 0 aliphatic carbocycles. The molecule has 0 aromatic heterocycles. The van der Waals surface area contributed by atoms with Crippen LogP contribution in [0.5, 0.6) is 0 Å². The molecule has 0 amide bonds. The van der Waals surface area contributed by atoms with Crippen LogP contribution in [0.1, 0.15) is 150 Å². The molecular formula is C28H55NaO3. The number of carboxylic acid groups (broad SMARTS) is 1. The normalized spacial score (nSPS) is 11.1. The molecular weight excluding hydrogens is 407 g/mol. The van der Waals surface area contributed by atoms with E-state index in [9.17, 15) is 9.59 Å². The van der Waals surface area contributed by atoms with E-state index in [-0.39, 0.29) is 36.9 Å². The quantitative estimate of drug-likeness (QED) is 0.0826. The minimum Gasteiger partial charge on any atom is -1.00 e. The van der Waals surface area contributed by atoms with Crippen molar-refractivity contribution >= 4 is 12.3 Å². The van der Waals surface area contributed by atoms with Crippen molar-refractivity contribution in [1.82, 2.24) is 0 Å². The van der Waals surface area contributed by atoms with Crippen LogP contribution in [0, 0.1) is 5.92 Å². The summed E-state index contributed by atoms with van der Waals surface area (Å²) in [6.45, 7) is 7.71. The average molecular weight is 463 g/mol. The molecule has 0 radical (unpaired) electrons. The molecule has 32 heavy (non-hydrogen) atoms. The number of unbranched alkanes of at least 4 members (excludes halogenated alkanes) is 18. The molecule has 0 fully saturated rings. The number of aldehydes is 1. The van der Waals surface area contributed by atoms with E-state index in [1.807, 2.05) is 6.92 Å². The maximum absolute atomic E-state index is 10.4. The molecule has 1 atom stereocenters. The van der Waals surface area contributed by atoms with E-state index >= 15 is 0 Å². The van der Waals surface area contributed by atoms with Gasteiger partial charge in [-0.25, -0.2) is 0 Å². The first-order valence-electron chi connectivity index (χ1n) is 13.4. The zero-order chi connectivity index (χ0) is 23.4. The Kier molecular flexibility index (Phi) is 37.7. The Morgan fingerprint density at radius 3 is 1.22 bits per heavy atom. The van der Waals surface area contributed by atoms with E-state index in [4.69, 9.17) is 5.11 Å². The fraction of sp³-hybridized carbons (Fsp3) is 0.857. The van der Waals surface area contributed by atoms with Gasteiger partial charge in [0.05, 0.1) is 0 Å². The van der Waals surface area contributed by atoms with Crippen LogP contribution in [0.25, 0.3) is 0 Å². The summed E-state index contributed by atoms with van der Waals surface area (Å²) in [4.78, 5) is 20.3. The summed E-state index contributed by atoms with van der Waals surface area (Å²) >= 11 is 0. The third-order valence-electron chi connectivity index (χ3n) is 5.94. The summed E-state index contributed by atoms with van der Waals surface area (Å²) < 4.78 is 0. The minimum absolute atomic E-state index is 0. The van der Waals surface area contributed by atoms with Gasteiger partial charge in [-0.05, 0) is 12.8 Å². The van der Waals surface area contributed by atoms with Gasteiger partial charge in [-0.2, -0.15) is 0 Å². The molecule has 0 saturated carbocycles. The van der Waals surface area contributed by atoms with E-state index in [1.165, 1.54) is 109 Å². The fourth-order valence-corrected chi connectivity index (χ4v) is 3.67. The molecule has 0 aromatic rings. The van der Waals surface area contributed by atoms with Gasteiger partial charge in [-0.3, -0.25) is 4.79 Å². The standard InChI is InChI=1S/C22H44O2.C6H10O.Na.H/c1-2-3-4-5-6-7-8-9-10-11-12-13-14-15-16-17-18-19-20-21-22(23)24;1-3-6(4-2)5-7;;/h2-21H2,1H3,(H,23,24);3,5-6H,1,4H2,2H3;;/q;;+1;-1. The van der Waals surface area contributed by atoms with Crippen molar-refractivity contribution in [2.75, 3.05) is 0 Å². The number of carbonyl (C=O) groups is 2. The van der Waals surface area contributed by atoms with Gasteiger partial charge in [0, 0.05) is 12.3 Å². The smallest absolute Gasteiger partial charge is 1.00 e. The molecule has 186 valence electrons. The van der Waals surface area contributed by atoms with Crippen LogP contribution in [-0.4, -0.2) is 17.4 Å². The van der Waals surface area contributed by atoms with Crippen LogP contribution in [0.2, 0.25) is 0 Å². The number of rotatable bonds is 23. The Labute approximate surface area is 224 Å². The van der Waals surface area contributed by atoms with Crippen LogP contribution >= 0.6 is 0 Å². The van der Waals surface area contributed by atoms with Gasteiger partial charge in [0.1, 0.15) is 6.29 Å². The van der Waals surface area contributed by atoms with Crippen molar-refractivity contribution in [3.05, 3.63) is 12.7 Å². The van der Waals surface area contributed by atoms with Gasteiger partial charge in [0.2, 0.25) is 0 Å². The molecule has 0 spiro atoms. The first kappa shape index (κ1) is 36.4. The molecule has 3 nitrogen and oxygen atoms in total. The molecule has 0 heterocycles. The SMILES string of the molecule is C=CC(C=O)CC.CCCCCCCCCCCCCCCCCCCCCC(=O)O.[H-].[Na+]. The number of carbonyl (C=O) groups excluding carboxylic acids is 1. The van der Waals surface area contributed by atoms with Gasteiger partial charge < -0.3 is 11.3 Å². The molecule has 0 saturated heterocycles. The second-order valence-electron chi connectivity index (χ2n) is 8.95. The van der Waals surface area contributed by atoms with Crippen molar-refractivity contribution in [2.24, 2.45) is 5.92 Å². The average Bonchev–Trinajstić information content (AvgIpc) is 2.77. The van der Waals surface area contributed by atoms with Gasteiger partial charge >= 0.3 is 35.5 Å². The Bertz CT molecular complexity index is 383. The van der Waals surface area contributed by atoms with Gasteiger partial charge in [-0.15, -0.1) is 6.58 Å². The summed E-state index contributed by atoms with van der Waals surface area (Å²) in [5.41, 5.74) is 0. The van der Waals surface area contributed by atoms with Gasteiger partial charge in [0.25, 0.3) is 0 Å². The Balaban J connectivity index is -0.000000404. The zero-order valence-corrected chi connectivity index (χ0v) is 24.1. The van der Waals surface area contributed by atoms with E-state index in [1.54, 1.807) is 6.08 Å². The first-order chi connectivity index (χ1) is 15.1. The second kappa shape index (κ2) is 33.1. The number of hydrogen-bond donors (Lipinski definition) is 1. The third kappa shape index (κ3) is 34.5. The number of carboxylic acids is 1. The summed E-state index contributed by atoms with van der Waals surface area (Å²) in [7, 11) is 0. The van der Waals surface area contributed by atoms with E-state index in [0.717, 1.165) is 25.5 Å². The van der Waals surface area contributed by atoms with Crippen molar-refractivity contribution < 1.29 is 45.7 Å². The van der Waals surface area contributed by atoms with Gasteiger partial charge in [0.15, 0.2) is 0 Å². The van der Waals surface area contributed by atoms with Crippen LogP contribution in [-0.2, 0) is 9.59 Å². The Morgan fingerprint density at radius 1 is 0.719 bits per heavy atom. The maximum atomic E-state index is 10.4. The Hall–Kier alpha value is -0.120. The summed E-state index contributed by atoms with van der Waals surface area (Å²) in [5.74, 6) is -0.582. The second-order valence-corrected chi connectivity index (χ2v) is 8.95. The van der Waals surface area contributed by atoms with Crippen LogP contribution in [0.3, 0.4) is 0 Å². The third-order valence-corrected chi connectivity index (χ3v) is 5.94. The number of allylic oxidation sites excluding steroid dienone is 1. The van der Waals surface area contributed by atoms with Crippen LogP contribution in [0.15, 0.2) is 12.7 Å². The van der Waals surface area contributed by atoms with Crippen molar-refractivity contribution in [1.29, 1.82) is 0 Å². The van der Waals surface area contributed by atoms with E-state index in [2.05, 4.69) is 13.5 Å². The zero-order valence-electron chi connectivity index (χ0n) is 23.1. The number of aliphatic carboxylic acids is 1. The number of hydrogen-bond acceptors (Lipinski definition) is 2. The Morgan fingerprint density at radius 2 is 1.03 bits per heavy atom. The molecule has 0 bridgehead atoms.